The molecule has 2 aromatic rings. The number of carbonyl (C=O) groups excluding carboxylic acids is 2. The van der Waals surface area contributed by atoms with Gasteiger partial charge >= 0.3 is 11.9 Å². The van der Waals surface area contributed by atoms with E-state index in [1.54, 1.807) is 12.1 Å². The Labute approximate surface area is 190 Å². The van der Waals surface area contributed by atoms with Crippen molar-refractivity contribution in [2.45, 2.75) is 17.9 Å². The summed E-state index contributed by atoms with van der Waals surface area (Å²) in [6.45, 7) is -0.394. The monoisotopic (exact) mass is 503 g/mol. The summed E-state index contributed by atoms with van der Waals surface area (Å²) in [6, 6.07) is 5.58. The van der Waals surface area contributed by atoms with Crippen molar-refractivity contribution in [2.24, 2.45) is 10.9 Å². The molecule has 30 heavy (non-hydrogen) atoms. The molecule has 0 amide bonds. The molecule has 0 saturated carbocycles. The van der Waals surface area contributed by atoms with Crippen LogP contribution in [0.2, 0.25) is 5.02 Å². The lowest BCUT2D eigenvalue weighted by atomic mass is 10.1. The fourth-order valence-corrected chi connectivity index (χ4v) is 3.20. The summed E-state index contributed by atoms with van der Waals surface area (Å²) in [7, 11) is -4.19. The highest BCUT2D eigenvalue weighted by Crippen LogP contribution is 2.29. The van der Waals surface area contributed by atoms with E-state index in [2.05, 4.69) is 10.1 Å². The van der Waals surface area contributed by atoms with Crippen molar-refractivity contribution < 1.29 is 31.9 Å². The molecule has 0 fully saturated rings. The van der Waals surface area contributed by atoms with Gasteiger partial charge in [0, 0.05) is 6.54 Å². The van der Waals surface area contributed by atoms with Gasteiger partial charge in [0.05, 0.1) is 35.5 Å². The minimum atomic E-state index is -4.19. The Morgan fingerprint density at radius 2 is 1.90 bits per heavy atom. The third kappa shape index (κ3) is 8.01. The van der Waals surface area contributed by atoms with E-state index < -0.39 is 33.7 Å². The average molecular weight is 505 g/mol. The number of nitrogens with two attached hydrogens (primary N) is 2. The molecule has 14 heteroatoms. The fourth-order valence-electron chi connectivity index (χ4n) is 2.10. The summed E-state index contributed by atoms with van der Waals surface area (Å²) < 4.78 is 38.1. The molecule has 10 nitrogen and oxygen atoms in total. The predicted molar refractivity (Wildman–Crippen MR) is 113 cm³/mol. The molecule has 0 aliphatic carbocycles. The third-order valence-corrected chi connectivity index (χ3v) is 4.77. The van der Waals surface area contributed by atoms with E-state index in [0.717, 1.165) is 6.07 Å². The molecule has 0 aliphatic heterocycles. The van der Waals surface area contributed by atoms with Crippen LogP contribution in [0.4, 0.5) is 5.69 Å². The van der Waals surface area contributed by atoms with E-state index in [4.69, 9.17) is 31.6 Å². The Morgan fingerprint density at radius 3 is 2.47 bits per heavy atom. The first kappa shape index (κ1) is 28.0. The van der Waals surface area contributed by atoms with Gasteiger partial charge in [0.25, 0.3) is 0 Å². The van der Waals surface area contributed by atoms with Gasteiger partial charge in [-0.3, -0.25) is 4.79 Å². The molecule has 0 unspecified atom stereocenters. The van der Waals surface area contributed by atoms with Crippen molar-refractivity contribution in [1.82, 2.24) is 0 Å². The van der Waals surface area contributed by atoms with Crippen LogP contribution in [0, 0.1) is 0 Å². The average Bonchev–Trinajstić information content (AvgIpc) is 3.12. The zero-order chi connectivity index (χ0) is 20.7. The zero-order valence-corrected chi connectivity index (χ0v) is 18.5. The van der Waals surface area contributed by atoms with Crippen molar-refractivity contribution in [3.05, 3.63) is 46.9 Å². The molecule has 0 spiro atoms. The third-order valence-electron chi connectivity index (χ3n) is 3.39. The van der Waals surface area contributed by atoms with Gasteiger partial charge in [0.1, 0.15) is 10.7 Å². The number of nitrogens with one attached hydrogen (secondary N) is 1. The normalized spacial score (nSPS) is 10.4. The van der Waals surface area contributed by atoms with Crippen molar-refractivity contribution in [1.29, 1.82) is 0 Å². The largest absolute Gasteiger partial charge is 0.467 e. The number of rotatable bonds is 9. The van der Waals surface area contributed by atoms with Gasteiger partial charge in [0.2, 0.25) is 16.8 Å². The van der Waals surface area contributed by atoms with E-state index in [9.17, 15) is 18.0 Å². The lowest BCUT2D eigenvalue weighted by molar-refractivity contribution is -0.151. The van der Waals surface area contributed by atoms with E-state index in [0.29, 0.717) is 5.76 Å². The highest BCUT2D eigenvalue weighted by Gasteiger charge is 2.22. The van der Waals surface area contributed by atoms with E-state index in [-0.39, 0.29) is 60.6 Å². The Bertz CT molecular complexity index is 953. The first-order chi connectivity index (χ1) is 13.2. The highest BCUT2D eigenvalue weighted by atomic mass is 35.5. The van der Waals surface area contributed by atoms with Crippen molar-refractivity contribution in [2.75, 3.05) is 18.7 Å². The number of anilines is 1. The quantitative estimate of drug-likeness (QED) is 0.342. The van der Waals surface area contributed by atoms with Crippen molar-refractivity contribution >= 4 is 64.1 Å². The van der Waals surface area contributed by atoms with Crippen LogP contribution >= 0.6 is 36.4 Å². The van der Waals surface area contributed by atoms with Crippen LogP contribution in [0.15, 0.2) is 39.8 Å². The second-order valence-electron chi connectivity index (χ2n) is 5.41. The Morgan fingerprint density at radius 1 is 1.20 bits per heavy atom. The van der Waals surface area contributed by atoms with Gasteiger partial charge in [-0.25, -0.2) is 18.4 Å². The maximum absolute atomic E-state index is 12.4. The van der Waals surface area contributed by atoms with Crippen LogP contribution < -0.4 is 16.2 Å². The number of hydrogen-bond acceptors (Lipinski definition) is 9. The molecule has 1 aromatic heterocycles. The van der Waals surface area contributed by atoms with Gasteiger partial charge in [-0.2, -0.15) is 0 Å². The first-order valence-corrected chi connectivity index (χ1v) is 9.80. The minimum Gasteiger partial charge on any atom is -0.467 e. The number of sulfonamides is 1. The number of primary sulfonamides is 1. The predicted octanol–water partition coefficient (Wildman–Crippen LogP) is 2.04. The van der Waals surface area contributed by atoms with Crippen LogP contribution in [0.3, 0.4) is 0 Å². The van der Waals surface area contributed by atoms with Gasteiger partial charge in [-0.1, -0.05) is 11.6 Å². The summed E-state index contributed by atoms with van der Waals surface area (Å²) in [5, 5.41) is 7.83. The minimum absolute atomic E-state index is 0. The molecule has 0 saturated heterocycles. The number of carbonyl (C=O) groups is 2. The molecular formula is C16H20Cl3N3O7S. The number of ether oxygens (including phenoxy) is 2. The number of esters is 2. The summed E-state index contributed by atoms with van der Waals surface area (Å²) in [4.78, 5) is 23.2. The molecule has 168 valence electrons. The lowest BCUT2D eigenvalue weighted by Gasteiger charge is -2.14. The van der Waals surface area contributed by atoms with Crippen molar-refractivity contribution in [3.63, 3.8) is 0 Å². The topological polar surface area (TPSA) is 164 Å². The molecule has 0 atom stereocenters. The molecule has 0 radical (unpaired) electrons. The Kier molecular flexibility index (Phi) is 11.8. The Balaban J connectivity index is 0.00000420. The highest BCUT2D eigenvalue weighted by molar-refractivity contribution is 7.89. The second-order valence-corrected chi connectivity index (χ2v) is 7.35. The maximum Gasteiger partial charge on any atom is 0.343 e. The molecule has 0 aliphatic rings. The van der Waals surface area contributed by atoms with Crippen LogP contribution in [-0.2, 0) is 30.8 Å². The van der Waals surface area contributed by atoms with Crippen LogP contribution in [0.25, 0.3) is 0 Å². The number of furan rings is 1. The van der Waals surface area contributed by atoms with Crippen LogP contribution in [-0.4, -0.2) is 33.7 Å². The molecule has 1 aromatic carbocycles. The van der Waals surface area contributed by atoms with Gasteiger partial charge in [-0.05, 0) is 24.3 Å². The first-order valence-electron chi connectivity index (χ1n) is 7.87. The standard InChI is InChI=1S/C16H18ClN3O7S.2ClH/c17-12-7-13(20-8-10-2-1-5-25-10)11(6-14(12)28(19,23)24)16(22)27-9-26-15(21)3-4-18;;/h1-2,5-7,20H,3-4,8-9,18H2,(H2,19,23,24);2*1H. The molecule has 0 bridgehead atoms. The van der Waals surface area contributed by atoms with E-state index in [1.807, 2.05) is 0 Å². The lowest BCUT2D eigenvalue weighted by Crippen LogP contribution is -2.18. The van der Waals surface area contributed by atoms with E-state index >= 15 is 0 Å². The van der Waals surface area contributed by atoms with Gasteiger partial charge < -0.3 is 24.9 Å². The second kappa shape index (κ2) is 12.6. The van der Waals surface area contributed by atoms with Gasteiger partial charge in [0.15, 0.2) is 0 Å². The maximum atomic E-state index is 12.4. The Hall–Kier alpha value is -2.02. The number of benzene rings is 1. The summed E-state index contributed by atoms with van der Waals surface area (Å²) in [5.41, 5.74) is 5.21. The fraction of sp³-hybridized carbons (Fsp3) is 0.250. The summed E-state index contributed by atoms with van der Waals surface area (Å²) in [6.07, 6.45) is 1.43. The molecule has 2 rings (SSSR count). The van der Waals surface area contributed by atoms with Crippen LogP contribution in [0.5, 0.6) is 0 Å². The summed E-state index contributed by atoms with van der Waals surface area (Å²) >= 11 is 5.98. The van der Waals surface area contributed by atoms with E-state index in [1.165, 1.54) is 12.3 Å². The number of hydrogen-bond donors (Lipinski definition) is 3. The SMILES string of the molecule is Cl.Cl.NCCC(=O)OCOC(=O)c1cc(S(N)(=O)=O)c(Cl)cc1NCc1ccco1. The molecule has 5 N–H and O–H groups in total. The molecular weight excluding hydrogens is 485 g/mol. The summed E-state index contributed by atoms with van der Waals surface area (Å²) in [5.74, 6) is -1.04. The van der Waals surface area contributed by atoms with Crippen LogP contribution in [0.1, 0.15) is 22.5 Å². The smallest absolute Gasteiger partial charge is 0.343 e. The zero-order valence-electron chi connectivity index (χ0n) is 15.3. The van der Waals surface area contributed by atoms with Gasteiger partial charge in [-0.15, -0.1) is 24.8 Å². The number of halogens is 3. The van der Waals surface area contributed by atoms with Crippen molar-refractivity contribution in [3.8, 4) is 0 Å². The molecule has 1 heterocycles.